The van der Waals surface area contributed by atoms with Crippen LogP contribution in [0.3, 0.4) is 0 Å². The Kier molecular flexibility index (Phi) is 3.10. The van der Waals surface area contributed by atoms with Gasteiger partial charge >= 0.3 is 0 Å². The molecule has 0 amide bonds. The molecule has 0 bridgehead atoms. The molecule has 0 spiro atoms. The number of rotatable bonds is 3. The Labute approximate surface area is 103 Å². The molecule has 1 aromatic heterocycles. The minimum Gasteiger partial charge on any atom is -0.382 e. The second-order valence-electron chi connectivity index (χ2n) is 3.68. The third-order valence-corrected chi connectivity index (χ3v) is 3.47. The Balaban J connectivity index is 2.36. The number of carbonyl (C=O) groups excluding carboxylic acids is 1. The number of anilines is 2. The molecule has 5 heteroatoms. The SMILES string of the molecule is CNc1nc(N)c(C(=O)c2ccc(C)cc2)s1. The Morgan fingerprint density at radius 2 is 2.00 bits per heavy atom. The van der Waals surface area contributed by atoms with Crippen LogP contribution in [0.1, 0.15) is 20.8 Å². The van der Waals surface area contributed by atoms with E-state index in [-0.39, 0.29) is 11.6 Å². The molecule has 0 radical (unpaired) electrons. The average molecular weight is 247 g/mol. The van der Waals surface area contributed by atoms with Crippen LogP contribution in [0.15, 0.2) is 24.3 Å². The predicted octanol–water partition coefficient (Wildman–Crippen LogP) is 2.31. The number of nitrogens with zero attached hydrogens (tertiary/aromatic N) is 1. The molecule has 0 aliphatic carbocycles. The van der Waals surface area contributed by atoms with Crippen molar-refractivity contribution < 1.29 is 4.79 Å². The number of benzene rings is 1. The molecule has 2 aromatic rings. The van der Waals surface area contributed by atoms with Crippen LogP contribution >= 0.6 is 11.3 Å². The third kappa shape index (κ3) is 2.29. The molecule has 1 heterocycles. The first-order valence-corrected chi connectivity index (χ1v) is 5.99. The lowest BCUT2D eigenvalue weighted by Crippen LogP contribution is -2.02. The van der Waals surface area contributed by atoms with E-state index in [9.17, 15) is 4.79 Å². The van der Waals surface area contributed by atoms with Gasteiger partial charge in [-0.25, -0.2) is 4.98 Å². The Morgan fingerprint density at radius 3 is 2.53 bits per heavy atom. The second kappa shape index (κ2) is 4.55. The molecule has 1 aromatic carbocycles. The number of nitrogens with one attached hydrogen (secondary N) is 1. The van der Waals surface area contributed by atoms with Crippen LogP contribution in [0.5, 0.6) is 0 Å². The van der Waals surface area contributed by atoms with Crippen molar-refractivity contribution >= 4 is 28.1 Å². The highest BCUT2D eigenvalue weighted by molar-refractivity contribution is 7.18. The third-order valence-electron chi connectivity index (χ3n) is 2.39. The van der Waals surface area contributed by atoms with Gasteiger partial charge in [0, 0.05) is 12.6 Å². The largest absolute Gasteiger partial charge is 0.382 e. The fraction of sp³-hybridized carbons (Fsp3) is 0.167. The Morgan fingerprint density at radius 1 is 1.35 bits per heavy atom. The van der Waals surface area contributed by atoms with Crippen molar-refractivity contribution in [3.05, 3.63) is 40.3 Å². The van der Waals surface area contributed by atoms with Crippen LogP contribution in [0.2, 0.25) is 0 Å². The van der Waals surface area contributed by atoms with Gasteiger partial charge in [-0.2, -0.15) is 0 Å². The van der Waals surface area contributed by atoms with Gasteiger partial charge in [-0.1, -0.05) is 41.2 Å². The van der Waals surface area contributed by atoms with Gasteiger partial charge in [0.15, 0.2) is 5.13 Å². The van der Waals surface area contributed by atoms with Gasteiger partial charge in [-0.3, -0.25) is 4.79 Å². The molecule has 0 aliphatic heterocycles. The first-order chi connectivity index (χ1) is 8.11. The first kappa shape index (κ1) is 11.6. The average Bonchev–Trinajstić information content (AvgIpc) is 2.71. The van der Waals surface area contributed by atoms with E-state index in [1.54, 1.807) is 19.2 Å². The lowest BCUT2D eigenvalue weighted by molar-refractivity contribution is 0.104. The topological polar surface area (TPSA) is 68.0 Å². The van der Waals surface area contributed by atoms with E-state index in [1.165, 1.54) is 11.3 Å². The Bertz CT molecular complexity index is 545. The van der Waals surface area contributed by atoms with E-state index in [0.717, 1.165) is 5.56 Å². The lowest BCUT2D eigenvalue weighted by atomic mass is 10.1. The van der Waals surface area contributed by atoms with Crippen LogP contribution in [-0.2, 0) is 0 Å². The molecule has 0 fully saturated rings. The van der Waals surface area contributed by atoms with Gasteiger partial charge in [-0.05, 0) is 6.92 Å². The monoisotopic (exact) mass is 247 g/mol. The molecular weight excluding hydrogens is 234 g/mol. The smallest absolute Gasteiger partial charge is 0.206 e. The van der Waals surface area contributed by atoms with Gasteiger partial charge in [0.1, 0.15) is 10.7 Å². The van der Waals surface area contributed by atoms with E-state index in [0.29, 0.717) is 15.6 Å². The summed E-state index contributed by atoms with van der Waals surface area (Å²) >= 11 is 1.27. The van der Waals surface area contributed by atoms with Crippen molar-refractivity contribution in [3.8, 4) is 0 Å². The maximum absolute atomic E-state index is 12.2. The molecule has 88 valence electrons. The first-order valence-electron chi connectivity index (χ1n) is 5.17. The number of nitrogen functional groups attached to an aromatic ring is 1. The zero-order valence-corrected chi connectivity index (χ0v) is 10.5. The van der Waals surface area contributed by atoms with Crippen molar-refractivity contribution in [1.29, 1.82) is 0 Å². The molecule has 0 aliphatic rings. The Hall–Kier alpha value is -1.88. The van der Waals surface area contributed by atoms with Crippen LogP contribution < -0.4 is 11.1 Å². The van der Waals surface area contributed by atoms with Crippen molar-refractivity contribution in [3.63, 3.8) is 0 Å². The number of aromatic nitrogens is 1. The minimum absolute atomic E-state index is 0.0819. The normalized spacial score (nSPS) is 10.2. The number of hydrogen-bond donors (Lipinski definition) is 2. The highest BCUT2D eigenvalue weighted by Crippen LogP contribution is 2.27. The van der Waals surface area contributed by atoms with Crippen molar-refractivity contribution in [1.82, 2.24) is 4.98 Å². The summed E-state index contributed by atoms with van der Waals surface area (Å²) in [7, 11) is 1.75. The van der Waals surface area contributed by atoms with Crippen molar-refractivity contribution in [2.24, 2.45) is 0 Å². The quantitative estimate of drug-likeness (QED) is 0.817. The van der Waals surface area contributed by atoms with Crippen LogP contribution in [-0.4, -0.2) is 17.8 Å². The molecule has 0 saturated carbocycles. The fourth-order valence-electron chi connectivity index (χ4n) is 1.44. The lowest BCUT2D eigenvalue weighted by Gasteiger charge is -1.99. The van der Waals surface area contributed by atoms with Gasteiger partial charge < -0.3 is 11.1 Å². The van der Waals surface area contributed by atoms with Gasteiger partial charge in [-0.15, -0.1) is 0 Å². The van der Waals surface area contributed by atoms with E-state index < -0.39 is 0 Å². The number of ketones is 1. The summed E-state index contributed by atoms with van der Waals surface area (Å²) in [4.78, 5) is 16.7. The van der Waals surface area contributed by atoms with E-state index >= 15 is 0 Å². The maximum Gasteiger partial charge on any atom is 0.206 e. The summed E-state index contributed by atoms with van der Waals surface area (Å²) in [6.45, 7) is 1.98. The zero-order valence-electron chi connectivity index (χ0n) is 9.65. The van der Waals surface area contributed by atoms with Crippen LogP contribution in [0.25, 0.3) is 0 Å². The minimum atomic E-state index is -0.0819. The molecule has 17 heavy (non-hydrogen) atoms. The summed E-state index contributed by atoms with van der Waals surface area (Å²) < 4.78 is 0. The number of thiazole rings is 1. The summed E-state index contributed by atoms with van der Waals surface area (Å²) in [5.74, 6) is 0.200. The van der Waals surface area contributed by atoms with Crippen LogP contribution in [0.4, 0.5) is 10.9 Å². The van der Waals surface area contributed by atoms with Crippen molar-refractivity contribution in [2.75, 3.05) is 18.1 Å². The van der Waals surface area contributed by atoms with Crippen LogP contribution in [0, 0.1) is 6.92 Å². The number of nitrogens with two attached hydrogens (primary N) is 1. The summed E-state index contributed by atoms with van der Waals surface area (Å²) in [6.07, 6.45) is 0. The standard InChI is InChI=1S/C12H13N3OS/c1-7-3-5-8(6-4-7)9(16)10-11(13)15-12(14-2)17-10/h3-6H,13H2,1-2H3,(H,14,15). The van der Waals surface area contributed by atoms with Gasteiger partial charge in [0.05, 0.1) is 0 Å². The van der Waals surface area contributed by atoms with E-state index in [4.69, 9.17) is 5.73 Å². The highest BCUT2D eigenvalue weighted by Gasteiger charge is 2.17. The van der Waals surface area contributed by atoms with E-state index in [2.05, 4.69) is 10.3 Å². The fourth-order valence-corrected chi connectivity index (χ4v) is 2.24. The number of carbonyl (C=O) groups is 1. The van der Waals surface area contributed by atoms with E-state index in [1.807, 2.05) is 19.1 Å². The maximum atomic E-state index is 12.2. The summed E-state index contributed by atoms with van der Waals surface area (Å²) in [6, 6.07) is 7.42. The molecule has 4 nitrogen and oxygen atoms in total. The molecule has 3 N–H and O–H groups in total. The molecule has 0 atom stereocenters. The zero-order chi connectivity index (χ0) is 12.4. The highest BCUT2D eigenvalue weighted by atomic mass is 32.1. The molecule has 0 unspecified atom stereocenters. The van der Waals surface area contributed by atoms with Gasteiger partial charge in [0.25, 0.3) is 0 Å². The number of hydrogen-bond acceptors (Lipinski definition) is 5. The molecule has 0 saturated heterocycles. The second-order valence-corrected chi connectivity index (χ2v) is 4.68. The molecule has 2 rings (SSSR count). The summed E-state index contributed by atoms with van der Waals surface area (Å²) in [5, 5.41) is 3.53. The van der Waals surface area contributed by atoms with Crippen molar-refractivity contribution in [2.45, 2.75) is 6.92 Å². The summed E-state index contributed by atoms with van der Waals surface area (Å²) in [5.41, 5.74) is 7.48. The number of aryl methyl sites for hydroxylation is 1. The predicted molar refractivity (Wildman–Crippen MR) is 70.7 cm³/mol. The molecular formula is C12H13N3OS. The van der Waals surface area contributed by atoms with Gasteiger partial charge in [0.2, 0.25) is 5.78 Å².